The van der Waals surface area contributed by atoms with E-state index in [-0.39, 0.29) is 0 Å². The lowest BCUT2D eigenvalue weighted by Gasteiger charge is -2.12. The minimum atomic E-state index is 0.736. The van der Waals surface area contributed by atoms with Crippen LogP contribution in [0, 0.1) is 6.92 Å². The molecule has 1 aromatic heterocycles. The first-order valence-corrected chi connectivity index (χ1v) is 10.5. The Labute approximate surface area is 170 Å². The van der Waals surface area contributed by atoms with E-state index in [0.717, 1.165) is 47.1 Å². The molecule has 0 amide bonds. The van der Waals surface area contributed by atoms with Gasteiger partial charge in [-0.05, 0) is 61.4 Å². The standard InChI is InChI=1S/C24H24N2OS/c1-3-14-27-22-7-5-4-6-19(22)16-25-20-11-9-18(10-12-20)24-26-21-13-8-17(2)15-23(21)28-24/h4-13,15,25H,3,14,16H2,1-2H3. The monoisotopic (exact) mass is 388 g/mol. The summed E-state index contributed by atoms with van der Waals surface area (Å²) in [4.78, 5) is 4.77. The lowest BCUT2D eigenvalue weighted by atomic mass is 10.1. The van der Waals surface area contributed by atoms with Crippen molar-refractivity contribution in [2.24, 2.45) is 0 Å². The van der Waals surface area contributed by atoms with Gasteiger partial charge in [0.05, 0.1) is 16.8 Å². The van der Waals surface area contributed by atoms with E-state index < -0.39 is 0 Å². The molecule has 0 aliphatic heterocycles. The molecule has 4 rings (SSSR count). The van der Waals surface area contributed by atoms with Crippen LogP contribution >= 0.6 is 11.3 Å². The molecule has 3 aromatic carbocycles. The van der Waals surface area contributed by atoms with E-state index in [1.807, 2.05) is 18.2 Å². The van der Waals surface area contributed by atoms with Crippen LogP contribution in [0.15, 0.2) is 66.7 Å². The van der Waals surface area contributed by atoms with Gasteiger partial charge in [0.2, 0.25) is 0 Å². The molecule has 1 heterocycles. The molecule has 1 N–H and O–H groups in total. The van der Waals surface area contributed by atoms with E-state index in [9.17, 15) is 0 Å². The molecule has 0 atom stereocenters. The maximum atomic E-state index is 5.84. The van der Waals surface area contributed by atoms with E-state index in [2.05, 4.69) is 67.7 Å². The first-order valence-electron chi connectivity index (χ1n) is 9.65. The quantitative estimate of drug-likeness (QED) is 0.384. The predicted octanol–water partition coefficient (Wildman–Crippen LogP) is 6.67. The van der Waals surface area contributed by atoms with Gasteiger partial charge in [0.25, 0.3) is 0 Å². The average molecular weight is 389 g/mol. The molecule has 0 saturated heterocycles. The SMILES string of the molecule is CCCOc1ccccc1CNc1ccc(-c2nc3ccc(C)cc3s2)cc1. The summed E-state index contributed by atoms with van der Waals surface area (Å²) in [6.45, 7) is 5.72. The Morgan fingerprint density at radius 2 is 1.82 bits per heavy atom. The molecule has 0 saturated carbocycles. The highest BCUT2D eigenvalue weighted by Gasteiger charge is 2.07. The Morgan fingerprint density at radius 3 is 2.64 bits per heavy atom. The van der Waals surface area contributed by atoms with Gasteiger partial charge in [0, 0.05) is 23.4 Å². The zero-order valence-corrected chi connectivity index (χ0v) is 17.1. The topological polar surface area (TPSA) is 34.1 Å². The Morgan fingerprint density at radius 1 is 1.00 bits per heavy atom. The van der Waals surface area contributed by atoms with Gasteiger partial charge >= 0.3 is 0 Å². The molecular weight excluding hydrogens is 364 g/mol. The van der Waals surface area contributed by atoms with Crippen molar-refractivity contribution in [3.8, 4) is 16.3 Å². The summed E-state index contributed by atoms with van der Waals surface area (Å²) in [5, 5.41) is 4.55. The Kier molecular flexibility index (Phi) is 5.58. The number of aryl methyl sites for hydroxylation is 1. The molecule has 142 valence electrons. The van der Waals surface area contributed by atoms with E-state index >= 15 is 0 Å². The van der Waals surface area contributed by atoms with Gasteiger partial charge in [-0.25, -0.2) is 4.98 Å². The van der Waals surface area contributed by atoms with Crippen LogP contribution in [0.1, 0.15) is 24.5 Å². The molecule has 0 spiro atoms. The van der Waals surface area contributed by atoms with Crippen LogP contribution in [0.4, 0.5) is 5.69 Å². The van der Waals surface area contributed by atoms with E-state index in [1.165, 1.54) is 15.8 Å². The van der Waals surface area contributed by atoms with Crippen molar-refractivity contribution < 1.29 is 4.74 Å². The maximum absolute atomic E-state index is 5.84. The molecular formula is C24H24N2OS. The number of aromatic nitrogens is 1. The Hall–Kier alpha value is -2.85. The number of rotatable bonds is 7. The number of para-hydroxylation sites is 1. The number of nitrogens with one attached hydrogen (secondary N) is 1. The number of anilines is 1. The molecule has 28 heavy (non-hydrogen) atoms. The number of benzene rings is 3. The van der Waals surface area contributed by atoms with Gasteiger partial charge in [-0.2, -0.15) is 0 Å². The molecule has 4 heteroatoms. The molecule has 0 radical (unpaired) electrons. The Balaban J connectivity index is 1.46. The largest absolute Gasteiger partial charge is 0.493 e. The summed E-state index contributed by atoms with van der Waals surface area (Å²) in [5.74, 6) is 0.957. The van der Waals surface area contributed by atoms with Crippen molar-refractivity contribution >= 4 is 27.2 Å². The van der Waals surface area contributed by atoms with Crippen LogP contribution in [0.25, 0.3) is 20.8 Å². The number of fused-ring (bicyclic) bond motifs is 1. The summed E-state index contributed by atoms with van der Waals surface area (Å²) in [5.41, 5.74) is 5.74. The second-order valence-electron chi connectivity index (χ2n) is 6.88. The van der Waals surface area contributed by atoms with Crippen molar-refractivity contribution in [3.63, 3.8) is 0 Å². The first-order chi connectivity index (χ1) is 13.7. The van der Waals surface area contributed by atoms with Crippen LogP contribution in [0.3, 0.4) is 0 Å². The summed E-state index contributed by atoms with van der Waals surface area (Å²) < 4.78 is 7.08. The van der Waals surface area contributed by atoms with E-state index in [0.29, 0.717) is 0 Å². The zero-order valence-electron chi connectivity index (χ0n) is 16.2. The van der Waals surface area contributed by atoms with Gasteiger partial charge in [-0.15, -0.1) is 11.3 Å². The van der Waals surface area contributed by atoms with E-state index in [4.69, 9.17) is 9.72 Å². The molecule has 0 unspecified atom stereocenters. The third-order valence-corrected chi connectivity index (χ3v) is 5.66. The van der Waals surface area contributed by atoms with Crippen molar-refractivity contribution in [2.75, 3.05) is 11.9 Å². The lowest BCUT2D eigenvalue weighted by molar-refractivity contribution is 0.314. The van der Waals surface area contributed by atoms with Crippen LogP contribution in [-0.4, -0.2) is 11.6 Å². The van der Waals surface area contributed by atoms with Crippen molar-refractivity contribution in [3.05, 3.63) is 77.9 Å². The molecule has 0 fully saturated rings. The van der Waals surface area contributed by atoms with Crippen LogP contribution in [0.2, 0.25) is 0 Å². The van der Waals surface area contributed by atoms with Crippen molar-refractivity contribution in [2.45, 2.75) is 26.8 Å². The number of thiazole rings is 1. The van der Waals surface area contributed by atoms with Gasteiger partial charge in [-0.1, -0.05) is 31.2 Å². The second-order valence-corrected chi connectivity index (χ2v) is 7.91. The second kappa shape index (κ2) is 8.44. The number of hydrogen-bond acceptors (Lipinski definition) is 4. The normalized spacial score (nSPS) is 10.9. The molecule has 0 aliphatic carbocycles. The summed E-state index contributed by atoms with van der Waals surface area (Å²) in [6, 6.07) is 23.1. The summed E-state index contributed by atoms with van der Waals surface area (Å²) >= 11 is 1.74. The van der Waals surface area contributed by atoms with Crippen LogP contribution < -0.4 is 10.1 Å². The maximum Gasteiger partial charge on any atom is 0.124 e. The highest BCUT2D eigenvalue weighted by Crippen LogP contribution is 2.31. The highest BCUT2D eigenvalue weighted by molar-refractivity contribution is 7.21. The minimum Gasteiger partial charge on any atom is -0.493 e. The number of nitrogens with zero attached hydrogens (tertiary/aromatic N) is 1. The lowest BCUT2D eigenvalue weighted by Crippen LogP contribution is -2.03. The van der Waals surface area contributed by atoms with Gasteiger partial charge in [-0.3, -0.25) is 0 Å². The van der Waals surface area contributed by atoms with Crippen LogP contribution in [-0.2, 0) is 6.54 Å². The zero-order chi connectivity index (χ0) is 19.3. The fourth-order valence-electron chi connectivity index (χ4n) is 3.09. The average Bonchev–Trinajstić information content (AvgIpc) is 3.15. The van der Waals surface area contributed by atoms with Gasteiger partial charge in [0.1, 0.15) is 10.8 Å². The molecule has 4 aromatic rings. The highest BCUT2D eigenvalue weighted by atomic mass is 32.1. The van der Waals surface area contributed by atoms with E-state index in [1.54, 1.807) is 11.3 Å². The molecule has 0 bridgehead atoms. The minimum absolute atomic E-state index is 0.736. The third kappa shape index (κ3) is 4.18. The smallest absolute Gasteiger partial charge is 0.124 e. The third-order valence-electron chi connectivity index (χ3n) is 4.59. The van der Waals surface area contributed by atoms with Crippen LogP contribution in [0.5, 0.6) is 5.75 Å². The predicted molar refractivity (Wildman–Crippen MR) is 119 cm³/mol. The summed E-state index contributed by atoms with van der Waals surface area (Å²) in [7, 11) is 0. The van der Waals surface area contributed by atoms with Gasteiger partial charge in [0.15, 0.2) is 0 Å². The molecule has 0 aliphatic rings. The number of hydrogen-bond donors (Lipinski definition) is 1. The number of ether oxygens (including phenoxy) is 1. The van der Waals surface area contributed by atoms with Crippen molar-refractivity contribution in [1.29, 1.82) is 0 Å². The summed E-state index contributed by atoms with van der Waals surface area (Å²) in [6.07, 6.45) is 1.01. The molecule has 3 nitrogen and oxygen atoms in total. The Bertz CT molecular complexity index is 1070. The fourth-order valence-corrected chi connectivity index (χ4v) is 4.16. The van der Waals surface area contributed by atoms with Crippen molar-refractivity contribution in [1.82, 2.24) is 4.98 Å². The fraction of sp³-hybridized carbons (Fsp3) is 0.208. The first kappa shape index (κ1) is 18.5. The van der Waals surface area contributed by atoms with Gasteiger partial charge < -0.3 is 10.1 Å².